The molecule has 0 aliphatic rings. The largest absolute Gasteiger partial charge is 0.371 e. The number of anilines is 2. The van der Waals surface area contributed by atoms with Crippen LogP contribution in [0.4, 0.5) is 11.5 Å². The molecule has 1 aromatic heterocycles. The van der Waals surface area contributed by atoms with Crippen molar-refractivity contribution >= 4 is 11.5 Å². The molecule has 1 N–H and O–H groups in total. The summed E-state index contributed by atoms with van der Waals surface area (Å²) in [5, 5.41) is 3.27. The fourth-order valence-corrected chi connectivity index (χ4v) is 2.06. The van der Waals surface area contributed by atoms with Crippen molar-refractivity contribution in [3.8, 4) is 0 Å². The lowest BCUT2D eigenvalue weighted by Crippen LogP contribution is -2.31. The van der Waals surface area contributed by atoms with Crippen LogP contribution >= 0.6 is 0 Å². The van der Waals surface area contributed by atoms with E-state index in [9.17, 15) is 0 Å². The van der Waals surface area contributed by atoms with Crippen molar-refractivity contribution in [3.05, 3.63) is 18.3 Å². The highest BCUT2D eigenvalue weighted by Gasteiger charge is 2.11. The molecule has 3 nitrogen and oxygen atoms in total. The molecule has 0 saturated carbocycles. The molecule has 0 aliphatic heterocycles. The van der Waals surface area contributed by atoms with E-state index < -0.39 is 0 Å². The van der Waals surface area contributed by atoms with Gasteiger partial charge in [0.1, 0.15) is 5.82 Å². The van der Waals surface area contributed by atoms with Crippen LogP contribution in [0.1, 0.15) is 34.6 Å². The molecule has 0 bridgehead atoms. The van der Waals surface area contributed by atoms with Gasteiger partial charge in [-0.1, -0.05) is 27.7 Å². The average Bonchev–Trinajstić information content (AvgIpc) is 2.28. The lowest BCUT2D eigenvalue weighted by Gasteiger charge is -2.28. The van der Waals surface area contributed by atoms with Crippen molar-refractivity contribution in [2.75, 3.05) is 29.9 Å². The van der Waals surface area contributed by atoms with Crippen LogP contribution in [-0.2, 0) is 0 Å². The monoisotopic (exact) mass is 249 g/mol. The van der Waals surface area contributed by atoms with Gasteiger partial charge in [0, 0.05) is 37.6 Å². The Morgan fingerprint density at radius 2 is 1.78 bits per heavy atom. The minimum Gasteiger partial charge on any atom is -0.371 e. The Labute approximate surface area is 112 Å². The number of nitrogens with one attached hydrogen (secondary N) is 1. The van der Waals surface area contributed by atoms with Gasteiger partial charge in [-0.15, -0.1) is 0 Å². The average molecular weight is 249 g/mol. The summed E-state index contributed by atoms with van der Waals surface area (Å²) in [4.78, 5) is 6.79. The minimum absolute atomic E-state index is 0.666. The number of nitrogens with zero attached hydrogens (tertiary/aromatic N) is 2. The molecular weight excluding hydrogens is 222 g/mol. The summed E-state index contributed by atoms with van der Waals surface area (Å²) in [5.74, 6) is 2.30. The normalized spacial score (nSPS) is 11.1. The van der Waals surface area contributed by atoms with Crippen molar-refractivity contribution in [2.24, 2.45) is 11.8 Å². The van der Waals surface area contributed by atoms with E-state index in [0.717, 1.165) is 25.5 Å². The zero-order chi connectivity index (χ0) is 13.5. The highest BCUT2D eigenvalue weighted by molar-refractivity contribution is 5.53. The quantitative estimate of drug-likeness (QED) is 0.800. The molecule has 0 saturated heterocycles. The first-order valence-corrected chi connectivity index (χ1v) is 6.97. The molecule has 18 heavy (non-hydrogen) atoms. The Hall–Kier alpha value is -1.25. The highest BCUT2D eigenvalue weighted by atomic mass is 15.1. The Kier molecular flexibility index (Phi) is 5.96. The van der Waals surface area contributed by atoms with Crippen LogP contribution in [0, 0.1) is 11.8 Å². The van der Waals surface area contributed by atoms with E-state index in [4.69, 9.17) is 0 Å². The number of rotatable bonds is 7. The maximum absolute atomic E-state index is 4.33. The summed E-state index contributed by atoms with van der Waals surface area (Å²) in [6, 6.07) is 4.25. The molecule has 0 fully saturated rings. The number of hydrogen-bond donors (Lipinski definition) is 1. The van der Waals surface area contributed by atoms with E-state index in [1.54, 1.807) is 0 Å². The third-order valence-electron chi connectivity index (χ3n) is 2.64. The van der Waals surface area contributed by atoms with Gasteiger partial charge in [0.2, 0.25) is 0 Å². The standard InChI is InChI=1S/C15H27N3/c1-6-16-15-9-14(7-8-17-15)18(10-12(2)3)11-13(4)5/h7-9,12-13H,6,10-11H2,1-5H3,(H,16,17). The lowest BCUT2D eigenvalue weighted by molar-refractivity contribution is 0.552. The van der Waals surface area contributed by atoms with Crippen LogP contribution in [0.5, 0.6) is 0 Å². The molecule has 0 aromatic carbocycles. The topological polar surface area (TPSA) is 28.2 Å². The smallest absolute Gasteiger partial charge is 0.127 e. The van der Waals surface area contributed by atoms with E-state index in [2.05, 4.69) is 62.0 Å². The second-order valence-corrected chi connectivity index (χ2v) is 5.62. The van der Waals surface area contributed by atoms with Crippen LogP contribution in [0.25, 0.3) is 0 Å². The van der Waals surface area contributed by atoms with Crippen molar-refractivity contribution in [3.63, 3.8) is 0 Å². The number of aromatic nitrogens is 1. The fraction of sp³-hybridized carbons (Fsp3) is 0.667. The van der Waals surface area contributed by atoms with Gasteiger partial charge in [-0.05, 0) is 24.8 Å². The molecule has 3 heteroatoms. The summed E-state index contributed by atoms with van der Waals surface area (Å²) < 4.78 is 0. The van der Waals surface area contributed by atoms with Gasteiger partial charge < -0.3 is 10.2 Å². The third kappa shape index (κ3) is 4.94. The molecule has 1 heterocycles. The SMILES string of the molecule is CCNc1cc(N(CC(C)C)CC(C)C)ccn1. The molecule has 0 amide bonds. The molecular formula is C15H27N3. The van der Waals surface area contributed by atoms with Gasteiger partial charge in [0.15, 0.2) is 0 Å². The summed E-state index contributed by atoms with van der Waals surface area (Å²) in [7, 11) is 0. The highest BCUT2D eigenvalue weighted by Crippen LogP contribution is 2.19. The first-order chi connectivity index (χ1) is 8.52. The summed E-state index contributed by atoms with van der Waals surface area (Å²) in [6.07, 6.45) is 1.89. The third-order valence-corrected chi connectivity index (χ3v) is 2.64. The second-order valence-electron chi connectivity index (χ2n) is 5.62. The van der Waals surface area contributed by atoms with E-state index >= 15 is 0 Å². The number of hydrogen-bond acceptors (Lipinski definition) is 3. The minimum atomic E-state index is 0.666. The molecule has 102 valence electrons. The van der Waals surface area contributed by atoms with Crippen LogP contribution in [0.15, 0.2) is 18.3 Å². The van der Waals surface area contributed by atoms with Gasteiger partial charge >= 0.3 is 0 Å². The van der Waals surface area contributed by atoms with Crippen molar-refractivity contribution in [2.45, 2.75) is 34.6 Å². The van der Waals surface area contributed by atoms with E-state index in [1.807, 2.05) is 6.20 Å². The van der Waals surface area contributed by atoms with Gasteiger partial charge in [-0.25, -0.2) is 4.98 Å². The predicted molar refractivity (Wildman–Crippen MR) is 80.3 cm³/mol. The Morgan fingerprint density at radius 3 is 2.28 bits per heavy atom. The molecule has 0 unspecified atom stereocenters. The van der Waals surface area contributed by atoms with Gasteiger partial charge in [-0.2, -0.15) is 0 Å². The lowest BCUT2D eigenvalue weighted by atomic mass is 10.1. The molecule has 0 aliphatic carbocycles. The van der Waals surface area contributed by atoms with Crippen LogP contribution in [-0.4, -0.2) is 24.6 Å². The van der Waals surface area contributed by atoms with Crippen molar-refractivity contribution in [1.82, 2.24) is 4.98 Å². The van der Waals surface area contributed by atoms with Crippen LogP contribution in [0.3, 0.4) is 0 Å². The molecule has 0 radical (unpaired) electrons. The zero-order valence-corrected chi connectivity index (χ0v) is 12.4. The van der Waals surface area contributed by atoms with Crippen LogP contribution < -0.4 is 10.2 Å². The Bertz CT molecular complexity index is 337. The first kappa shape index (κ1) is 14.8. The summed E-state index contributed by atoms with van der Waals surface area (Å²) in [5.41, 5.74) is 1.27. The van der Waals surface area contributed by atoms with E-state index in [-0.39, 0.29) is 0 Å². The molecule has 1 rings (SSSR count). The maximum Gasteiger partial charge on any atom is 0.127 e. The van der Waals surface area contributed by atoms with Crippen LogP contribution in [0.2, 0.25) is 0 Å². The van der Waals surface area contributed by atoms with Gasteiger partial charge in [0.05, 0.1) is 0 Å². The van der Waals surface area contributed by atoms with Gasteiger partial charge in [-0.3, -0.25) is 0 Å². The first-order valence-electron chi connectivity index (χ1n) is 6.97. The summed E-state index contributed by atoms with van der Waals surface area (Å²) >= 11 is 0. The van der Waals surface area contributed by atoms with Gasteiger partial charge in [0.25, 0.3) is 0 Å². The fourth-order valence-electron chi connectivity index (χ4n) is 2.06. The second kappa shape index (κ2) is 7.24. The Balaban J connectivity index is 2.85. The van der Waals surface area contributed by atoms with E-state index in [1.165, 1.54) is 5.69 Å². The van der Waals surface area contributed by atoms with Crippen molar-refractivity contribution in [1.29, 1.82) is 0 Å². The Morgan fingerprint density at radius 1 is 1.17 bits per heavy atom. The molecule has 0 spiro atoms. The number of pyridine rings is 1. The van der Waals surface area contributed by atoms with E-state index in [0.29, 0.717) is 11.8 Å². The predicted octanol–water partition coefficient (Wildman–Crippen LogP) is 3.63. The van der Waals surface area contributed by atoms with Crippen molar-refractivity contribution < 1.29 is 0 Å². The summed E-state index contributed by atoms with van der Waals surface area (Å²) in [6.45, 7) is 14.2. The maximum atomic E-state index is 4.33. The molecule has 1 aromatic rings. The zero-order valence-electron chi connectivity index (χ0n) is 12.4. The molecule has 0 atom stereocenters.